The van der Waals surface area contributed by atoms with Crippen LogP contribution in [0.15, 0.2) is 48.5 Å². The molecular weight excluding hydrogens is 344 g/mol. The van der Waals surface area contributed by atoms with Gasteiger partial charge < -0.3 is 14.2 Å². The van der Waals surface area contributed by atoms with E-state index in [4.69, 9.17) is 22.1 Å². The van der Waals surface area contributed by atoms with Gasteiger partial charge in [0.15, 0.2) is 12.5 Å². The molecule has 0 amide bonds. The monoisotopic (exact) mass is 369 g/mol. The summed E-state index contributed by atoms with van der Waals surface area (Å²) < 4.78 is 9.81. The number of benzene rings is 2. The Hall–Kier alpha value is -2.44. The molecule has 0 bridgehead atoms. The summed E-state index contributed by atoms with van der Waals surface area (Å²) in [6.45, 7) is 3.80. The number of hydrogen-bond acceptors (Lipinski definition) is 3. The summed E-state index contributed by atoms with van der Waals surface area (Å²) in [5.41, 5.74) is 3.69. The van der Waals surface area contributed by atoms with Crippen LogP contribution in [0.4, 0.5) is 0 Å². The molecule has 0 aliphatic carbocycles. The highest BCUT2D eigenvalue weighted by Crippen LogP contribution is 2.20. The molecule has 5 nitrogen and oxygen atoms in total. The van der Waals surface area contributed by atoms with Crippen molar-refractivity contribution in [3.05, 3.63) is 64.4 Å². The third-order valence-electron chi connectivity index (χ3n) is 4.56. The standard InChI is InChI=1S/C20H24N4OS/c1-15-7-5-6-8-17(15)13-22(2)14-24-20(26)23(3)19(21-24)16-9-11-18(25-4)12-10-16/h5-12H,13-14H2,1-4H3/p+1. The summed E-state index contributed by atoms with van der Waals surface area (Å²) in [4.78, 5) is 1.33. The SMILES string of the molecule is COc1ccc(-c2nn(C[NH+](C)Cc3ccccc3C)c(=S)n2C)cc1. The van der Waals surface area contributed by atoms with Gasteiger partial charge in [0.2, 0.25) is 4.77 Å². The van der Waals surface area contributed by atoms with E-state index in [0.29, 0.717) is 0 Å². The Kier molecular flexibility index (Phi) is 5.54. The molecule has 26 heavy (non-hydrogen) atoms. The highest BCUT2D eigenvalue weighted by atomic mass is 32.1. The van der Waals surface area contributed by atoms with Crippen LogP contribution in [0.25, 0.3) is 11.4 Å². The second-order valence-electron chi connectivity index (χ2n) is 6.61. The zero-order chi connectivity index (χ0) is 18.7. The predicted molar refractivity (Wildman–Crippen MR) is 106 cm³/mol. The molecule has 1 unspecified atom stereocenters. The molecule has 3 aromatic rings. The molecule has 136 valence electrons. The van der Waals surface area contributed by atoms with Gasteiger partial charge in [-0.25, -0.2) is 0 Å². The van der Waals surface area contributed by atoms with Crippen LogP contribution < -0.4 is 9.64 Å². The maximum absolute atomic E-state index is 5.60. The number of ether oxygens (including phenoxy) is 1. The van der Waals surface area contributed by atoms with Crippen molar-refractivity contribution in [3.63, 3.8) is 0 Å². The second kappa shape index (κ2) is 7.85. The third kappa shape index (κ3) is 3.86. The van der Waals surface area contributed by atoms with E-state index in [2.05, 4.69) is 38.2 Å². The Labute approximate surface area is 159 Å². The largest absolute Gasteiger partial charge is 0.497 e. The van der Waals surface area contributed by atoms with Gasteiger partial charge in [-0.15, -0.1) is 5.10 Å². The maximum Gasteiger partial charge on any atom is 0.202 e. The quantitative estimate of drug-likeness (QED) is 0.679. The fourth-order valence-electron chi connectivity index (χ4n) is 3.03. The van der Waals surface area contributed by atoms with Gasteiger partial charge in [0.25, 0.3) is 0 Å². The lowest BCUT2D eigenvalue weighted by Gasteiger charge is -2.15. The number of hydrogen-bond donors (Lipinski definition) is 1. The molecule has 6 heteroatoms. The molecule has 1 N–H and O–H groups in total. The normalized spacial score (nSPS) is 12.2. The number of quaternary nitrogens is 1. The Balaban J connectivity index is 1.80. The molecule has 0 spiro atoms. The summed E-state index contributed by atoms with van der Waals surface area (Å²) in [6.07, 6.45) is 0. The van der Waals surface area contributed by atoms with Gasteiger partial charge in [-0.1, -0.05) is 24.3 Å². The topological polar surface area (TPSA) is 36.4 Å². The second-order valence-corrected chi connectivity index (χ2v) is 6.98. The fraction of sp³-hybridized carbons (Fsp3) is 0.300. The van der Waals surface area contributed by atoms with Crippen molar-refractivity contribution in [2.24, 2.45) is 7.05 Å². The molecule has 3 rings (SSSR count). The number of rotatable bonds is 6. The van der Waals surface area contributed by atoms with E-state index >= 15 is 0 Å². The first-order chi connectivity index (χ1) is 12.5. The molecule has 0 saturated carbocycles. The fourth-order valence-corrected chi connectivity index (χ4v) is 3.22. The van der Waals surface area contributed by atoms with Crippen molar-refractivity contribution >= 4 is 12.2 Å². The lowest BCUT2D eigenvalue weighted by Crippen LogP contribution is -3.07. The summed E-state index contributed by atoms with van der Waals surface area (Å²) in [6, 6.07) is 16.4. The summed E-state index contributed by atoms with van der Waals surface area (Å²) in [5.74, 6) is 1.69. The van der Waals surface area contributed by atoms with Crippen LogP contribution >= 0.6 is 12.2 Å². The highest BCUT2D eigenvalue weighted by Gasteiger charge is 2.14. The molecule has 2 aromatic carbocycles. The number of methoxy groups -OCH3 is 1. The van der Waals surface area contributed by atoms with Gasteiger partial charge in [0.1, 0.15) is 12.3 Å². The van der Waals surface area contributed by atoms with Gasteiger partial charge in [-0.05, 0) is 49.0 Å². The molecule has 0 radical (unpaired) electrons. The van der Waals surface area contributed by atoms with E-state index in [9.17, 15) is 0 Å². The molecule has 0 aliphatic heterocycles. The van der Waals surface area contributed by atoms with Crippen LogP contribution in [0.5, 0.6) is 5.75 Å². The summed E-state index contributed by atoms with van der Waals surface area (Å²) >= 11 is 5.60. The first-order valence-electron chi connectivity index (χ1n) is 8.63. The van der Waals surface area contributed by atoms with Gasteiger partial charge >= 0.3 is 0 Å². The smallest absolute Gasteiger partial charge is 0.202 e. The van der Waals surface area contributed by atoms with E-state index in [1.54, 1.807) is 7.11 Å². The average molecular weight is 370 g/mol. The van der Waals surface area contributed by atoms with E-state index < -0.39 is 0 Å². The van der Waals surface area contributed by atoms with Crippen LogP contribution in [0.2, 0.25) is 0 Å². The van der Waals surface area contributed by atoms with Crippen molar-refractivity contribution in [2.75, 3.05) is 14.2 Å². The first-order valence-corrected chi connectivity index (χ1v) is 9.04. The molecule has 1 aromatic heterocycles. The minimum atomic E-state index is 0.719. The highest BCUT2D eigenvalue weighted by molar-refractivity contribution is 7.71. The molecule has 0 fully saturated rings. The van der Waals surface area contributed by atoms with Crippen LogP contribution in [0, 0.1) is 11.7 Å². The van der Waals surface area contributed by atoms with Crippen molar-refractivity contribution in [1.29, 1.82) is 0 Å². The van der Waals surface area contributed by atoms with E-state index in [-0.39, 0.29) is 0 Å². The van der Waals surface area contributed by atoms with Crippen molar-refractivity contribution < 1.29 is 9.64 Å². The Morgan fingerprint density at radius 1 is 1.12 bits per heavy atom. The van der Waals surface area contributed by atoms with Gasteiger partial charge in [-0.3, -0.25) is 0 Å². The lowest BCUT2D eigenvalue weighted by atomic mass is 10.1. The molecule has 1 atom stereocenters. The zero-order valence-corrected chi connectivity index (χ0v) is 16.5. The summed E-state index contributed by atoms with van der Waals surface area (Å²) in [5, 5.41) is 4.75. The molecule has 1 heterocycles. The maximum atomic E-state index is 5.60. The van der Waals surface area contributed by atoms with Crippen molar-refractivity contribution in [1.82, 2.24) is 14.3 Å². The minimum absolute atomic E-state index is 0.719. The Morgan fingerprint density at radius 2 is 1.81 bits per heavy atom. The number of nitrogens with one attached hydrogen (secondary N) is 1. The first kappa shape index (κ1) is 18.4. The van der Waals surface area contributed by atoms with E-state index in [0.717, 1.165) is 35.1 Å². The molecular formula is C20H25N4OS+. The van der Waals surface area contributed by atoms with E-state index in [1.165, 1.54) is 16.0 Å². The number of aryl methyl sites for hydroxylation is 1. The average Bonchev–Trinajstić information content (AvgIpc) is 2.92. The van der Waals surface area contributed by atoms with Crippen LogP contribution in [0.1, 0.15) is 11.1 Å². The zero-order valence-electron chi connectivity index (χ0n) is 15.7. The van der Waals surface area contributed by atoms with Crippen molar-refractivity contribution in [3.8, 4) is 17.1 Å². The predicted octanol–water partition coefficient (Wildman–Crippen LogP) is 2.61. The minimum Gasteiger partial charge on any atom is -0.497 e. The molecule has 0 saturated heterocycles. The van der Waals surface area contributed by atoms with Crippen LogP contribution in [0.3, 0.4) is 0 Å². The molecule has 0 aliphatic rings. The van der Waals surface area contributed by atoms with Gasteiger partial charge in [-0.2, -0.15) is 4.68 Å². The number of nitrogens with zero attached hydrogens (tertiary/aromatic N) is 3. The van der Waals surface area contributed by atoms with Crippen LogP contribution in [-0.4, -0.2) is 28.5 Å². The Morgan fingerprint density at radius 3 is 2.46 bits per heavy atom. The lowest BCUT2D eigenvalue weighted by molar-refractivity contribution is -0.917. The van der Waals surface area contributed by atoms with E-state index in [1.807, 2.05) is 40.6 Å². The van der Waals surface area contributed by atoms with Gasteiger partial charge in [0, 0.05) is 18.2 Å². The van der Waals surface area contributed by atoms with Crippen LogP contribution in [-0.2, 0) is 20.3 Å². The third-order valence-corrected chi connectivity index (χ3v) is 5.05. The van der Waals surface area contributed by atoms with Crippen molar-refractivity contribution in [2.45, 2.75) is 20.1 Å². The summed E-state index contributed by atoms with van der Waals surface area (Å²) in [7, 11) is 5.79. The van der Waals surface area contributed by atoms with Gasteiger partial charge in [0.05, 0.1) is 14.2 Å². The Bertz CT molecular complexity index is 943. The number of aromatic nitrogens is 3.